The van der Waals surface area contributed by atoms with E-state index in [2.05, 4.69) is 15.6 Å². The third-order valence-corrected chi connectivity index (χ3v) is 4.80. The van der Waals surface area contributed by atoms with Crippen molar-refractivity contribution >= 4 is 17.5 Å². The Morgan fingerprint density at radius 2 is 2.00 bits per heavy atom. The largest absolute Gasteiger partial charge is 0.495 e. The Balaban J connectivity index is 1.63. The second-order valence-corrected chi connectivity index (χ2v) is 6.74. The molecule has 7 heteroatoms. The lowest BCUT2D eigenvalue weighted by Gasteiger charge is -2.17. The van der Waals surface area contributed by atoms with Crippen molar-refractivity contribution in [2.75, 3.05) is 12.4 Å². The lowest BCUT2D eigenvalue weighted by Crippen LogP contribution is -2.29. The molecule has 0 bridgehead atoms. The Morgan fingerprint density at radius 3 is 2.77 bits per heavy atom. The summed E-state index contributed by atoms with van der Waals surface area (Å²) in [5, 5.41) is 5.83. The summed E-state index contributed by atoms with van der Waals surface area (Å²) in [5.41, 5.74) is 1.75. The molecular formula is C19H22N4O3. The number of para-hydroxylation sites is 2. The van der Waals surface area contributed by atoms with Crippen LogP contribution >= 0.6 is 0 Å². The predicted molar refractivity (Wildman–Crippen MR) is 96.6 cm³/mol. The molecule has 1 saturated carbocycles. The molecular weight excluding hydrogens is 332 g/mol. The molecule has 0 radical (unpaired) electrons. The molecule has 1 fully saturated rings. The number of ether oxygens (including phenoxy) is 1. The van der Waals surface area contributed by atoms with E-state index in [4.69, 9.17) is 4.74 Å². The van der Waals surface area contributed by atoms with Crippen molar-refractivity contribution < 1.29 is 14.3 Å². The molecule has 2 aromatic rings. The van der Waals surface area contributed by atoms with Crippen molar-refractivity contribution in [2.24, 2.45) is 0 Å². The smallest absolute Gasteiger partial charge is 0.287 e. The zero-order chi connectivity index (χ0) is 18.1. The number of rotatable bonds is 5. The maximum atomic E-state index is 12.9. The summed E-state index contributed by atoms with van der Waals surface area (Å²) in [4.78, 5) is 29.8. The number of hydrogen-bond donors (Lipinski definition) is 2. The topological polar surface area (TPSA) is 85.2 Å². The SMILES string of the molecule is COc1ccccc1NC(=O)c1nc(C(=O)NC2CC2)n2c1CCCC2. The normalized spacial score (nSPS) is 15.9. The Bertz CT molecular complexity index is 854. The van der Waals surface area contributed by atoms with Crippen LogP contribution in [0.1, 0.15) is 52.5 Å². The number of anilines is 1. The number of nitrogens with zero attached hydrogens (tertiary/aromatic N) is 2. The molecule has 1 aliphatic heterocycles. The molecule has 2 aliphatic rings. The Hall–Kier alpha value is -2.83. The van der Waals surface area contributed by atoms with E-state index in [0.717, 1.165) is 44.3 Å². The standard InChI is InChI=1S/C19H22N4O3/c1-26-15-8-3-2-6-13(15)21-18(24)16-14-7-4-5-11-23(14)17(22-16)19(25)20-12-9-10-12/h2-3,6,8,12H,4-5,7,9-11H2,1H3,(H,20,25)(H,21,24). The molecule has 0 atom stereocenters. The van der Waals surface area contributed by atoms with Crippen LogP contribution in [0.5, 0.6) is 5.75 Å². The summed E-state index contributed by atoms with van der Waals surface area (Å²) in [6.07, 6.45) is 4.75. The minimum atomic E-state index is -0.314. The maximum absolute atomic E-state index is 12.9. The number of hydrogen-bond acceptors (Lipinski definition) is 4. The van der Waals surface area contributed by atoms with Gasteiger partial charge in [-0.2, -0.15) is 0 Å². The number of methoxy groups -OCH3 is 1. The van der Waals surface area contributed by atoms with Crippen LogP contribution in [0.25, 0.3) is 0 Å². The van der Waals surface area contributed by atoms with Crippen molar-refractivity contribution in [1.29, 1.82) is 0 Å². The van der Waals surface area contributed by atoms with E-state index in [1.807, 2.05) is 16.7 Å². The maximum Gasteiger partial charge on any atom is 0.287 e. The van der Waals surface area contributed by atoms with E-state index in [9.17, 15) is 9.59 Å². The summed E-state index contributed by atoms with van der Waals surface area (Å²) in [7, 11) is 1.56. The summed E-state index contributed by atoms with van der Waals surface area (Å²) < 4.78 is 7.19. The monoisotopic (exact) mass is 354 g/mol. The van der Waals surface area contributed by atoms with E-state index in [1.54, 1.807) is 19.2 Å². The number of fused-ring (bicyclic) bond motifs is 1. The number of nitrogens with one attached hydrogen (secondary N) is 2. The van der Waals surface area contributed by atoms with E-state index < -0.39 is 0 Å². The second kappa shape index (κ2) is 6.82. The van der Waals surface area contributed by atoms with Gasteiger partial charge in [-0.05, 0) is 44.2 Å². The van der Waals surface area contributed by atoms with Gasteiger partial charge in [-0.3, -0.25) is 9.59 Å². The Morgan fingerprint density at radius 1 is 1.19 bits per heavy atom. The van der Waals surface area contributed by atoms with Crippen LogP contribution in [0.2, 0.25) is 0 Å². The first kappa shape index (κ1) is 16.6. The van der Waals surface area contributed by atoms with Gasteiger partial charge in [0, 0.05) is 12.6 Å². The van der Waals surface area contributed by atoms with Crippen molar-refractivity contribution in [3.8, 4) is 5.75 Å². The van der Waals surface area contributed by atoms with Gasteiger partial charge in [0.15, 0.2) is 11.5 Å². The minimum Gasteiger partial charge on any atom is -0.495 e. The first-order valence-electron chi connectivity index (χ1n) is 9.02. The first-order valence-corrected chi connectivity index (χ1v) is 9.02. The van der Waals surface area contributed by atoms with Gasteiger partial charge in [-0.1, -0.05) is 12.1 Å². The van der Waals surface area contributed by atoms with Gasteiger partial charge in [-0.15, -0.1) is 0 Å². The van der Waals surface area contributed by atoms with Crippen LogP contribution in [0.15, 0.2) is 24.3 Å². The van der Waals surface area contributed by atoms with Crippen LogP contribution in [-0.4, -0.2) is 34.5 Å². The fourth-order valence-corrected chi connectivity index (χ4v) is 3.31. The molecule has 2 heterocycles. The molecule has 2 amide bonds. The molecule has 26 heavy (non-hydrogen) atoms. The number of benzene rings is 1. The van der Waals surface area contributed by atoms with Crippen molar-refractivity contribution in [3.63, 3.8) is 0 Å². The lowest BCUT2D eigenvalue weighted by molar-refractivity contribution is 0.0935. The highest BCUT2D eigenvalue weighted by Crippen LogP contribution is 2.26. The van der Waals surface area contributed by atoms with Crippen LogP contribution in [0.3, 0.4) is 0 Å². The van der Waals surface area contributed by atoms with Gasteiger partial charge in [0.2, 0.25) is 0 Å². The summed E-state index contributed by atoms with van der Waals surface area (Å²) in [6.45, 7) is 0.720. The number of carbonyl (C=O) groups is 2. The highest BCUT2D eigenvalue weighted by molar-refractivity contribution is 6.05. The van der Waals surface area contributed by atoms with Crippen molar-refractivity contribution in [3.05, 3.63) is 41.5 Å². The summed E-state index contributed by atoms with van der Waals surface area (Å²) >= 11 is 0. The fraction of sp³-hybridized carbons (Fsp3) is 0.421. The fourth-order valence-electron chi connectivity index (χ4n) is 3.31. The Kier molecular flexibility index (Phi) is 4.36. The average Bonchev–Trinajstić information content (AvgIpc) is 3.38. The molecule has 1 aromatic heterocycles. The van der Waals surface area contributed by atoms with Crippen LogP contribution in [0, 0.1) is 0 Å². The zero-order valence-corrected chi connectivity index (χ0v) is 14.7. The number of carbonyl (C=O) groups excluding carboxylic acids is 2. The average molecular weight is 354 g/mol. The lowest BCUT2D eigenvalue weighted by atomic mass is 10.1. The van der Waals surface area contributed by atoms with E-state index >= 15 is 0 Å². The van der Waals surface area contributed by atoms with Crippen molar-refractivity contribution in [1.82, 2.24) is 14.9 Å². The number of amides is 2. The van der Waals surface area contributed by atoms with Gasteiger partial charge in [0.05, 0.1) is 18.5 Å². The molecule has 0 spiro atoms. The molecule has 0 unspecified atom stereocenters. The van der Waals surface area contributed by atoms with E-state index in [-0.39, 0.29) is 17.9 Å². The molecule has 1 aliphatic carbocycles. The van der Waals surface area contributed by atoms with Crippen LogP contribution < -0.4 is 15.4 Å². The second-order valence-electron chi connectivity index (χ2n) is 6.74. The van der Waals surface area contributed by atoms with Gasteiger partial charge >= 0.3 is 0 Å². The van der Waals surface area contributed by atoms with E-state index in [1.165, 1.54) is 0 Å². The van der Waals surface area contributed by atoms with Crippen molar-refractivity contribution in [2.45, 2.75) is 44.7 Å². The first-order chi connectivity index (χ1) is 12.7. The zero-order valence-electron chi connectivity index (χ0n) is 14.7. The van der Waals surface area contributed by atoms with Crippen LogP contribution in [-0.2, 0) is 13.0 Å². The van der Waals surface area contributed by atoms with Gasteiger partial charge in [-0.25, -0.2) is 4.98 Å². The molecule has 1 aromatic carbocycles. The van der Waals surface area contributed by atoms with Gasteiger partial charge in [0.25, 0.3) is 11.8 Å². The van der Waals surface area contributed by atoms with Crippen LogP contribution in [0.4, 0.5) is 5.69 Å². The third-order valence-electron chi connectivity index (χ3n) is 4.80. The number of aromatic nitrogens is 2. The summed E-state index contributed by atoms with van der Waals surface area (Å²) in [6, 6.07) is 7.49. The Labute approximate surface area is 151 Å². The molecule has 7 nitrogen and oxygen atoms in total. The molecule has 4 rings (SSSR count). The minimum absolute atomic E-state index is 0.188. The predicted octanol–water partition coefficient (Wildman–Crippen LogP) is 2.37. The molecule has 136 valence electrons. The van der Waals surface area contributed by atoms with Gasteiger partial charge in [0.1, 0.15) is 5.75 Å². The number of imidazole rings is 1. The van der Waals surface area contributed by atoms with Gasteiger partial charge < -0.3 is 19.9 Å². The third kappa shape index (κ3) is 3.16. The summed E-state index contributed by atoms with van der Waals surface area (Å²) in [5.74, 6) is 0.426. The molecule has 2 N–H and O–H groups in total. The van der Waals surface area contributed by atoms with E-state index in [0.29, 0.717) is 23.0 Å². The quantitative estimate of drug-likeness (QED) is 0.863. The highest BCUT2D eigenvalue weighted by Gasteiger charge is 2.30. The highest BCUT2D eigenvalue weighted by atomic mass is 16.5. The molecule has 0 saturated heterocycles.